The van der Waals surface area contributed by atoms with Gasteiger partial charge >= 0.3 is 5.97 Å². The Balaban J connectivity index is 1.68. The number of fused-ring (bicyclic) bond motifs is 2. The summed E-state index contributed by atoms with van der Waals surface area (Å²) < 4.78 is 10.9. The molecule has 4 rings (SSSR count). The highest BCUT2D eigenvalue weighted by Gasteiger charge is 2.26. The molecule has 0 aliphatic heterocycles. The molecule has 1 N–H and O–H groups in total. The van der Waals surface area contributed by atoms with Crippen LogP contribution in [0.25, 0.3) is 16.7 Å². The van der Waals surface area contributed by atoms with Crippen LogP contribution in [-0.2, 0) is 22.4 Å². The molecule has 0 amide bonds. The first-order valence-corrected chi connectivity index (χ1v) is 10.1. The molecule has 0 radical (unpaired) electrons. The van der Waals surface area contributed by atoms with Crippen molar-refractivity contribution in [1.29, 1.82) is 0 Å². The molecular formula is C21H20N2O4S. The summed E-state index contributed by atoms with van der Waals surface area (Å²) in [5.74, 6) is -0.0879. The zero-order valence-corrected chi connectivity index (χ0v) is 16.3. The number of hydrogen-bond donors (Lipinski definition) is 1. The van der Waals surface area contributed by atoms with Gasteiger partial charge in [0, 0.05) is 11.1 Å². The Morgan fingerprint density at radius 2 is 2.14 bits per heavy atom. The number of aldehydes is 1. The molecule has 6 nitrogen and oxygen atoms in total. The van der Waals surface area contributed by atoms with Gasteiger partial charge < -0.3 is 14.5 Å². The number of para-hydroxylation sites is 2. The Morgan fingerprint density at radius 1 is 1.32 bits per heavy atom. The Morgan fingerprint density at radius 3 is 2.93 bits per heavy atom. The van der Waals surface area contributed by atoms with E-state index in [1.54, 1.807) is 24.3 Å². The molecule has 1 aromatic carbocycles. The summed E-state index contributed by atoms with van der Waals surface area (Å²) in [6.07, 6.45) is 6.24. The zero-order chi connectivity index (χ0) is 19.5. The number of ether oxygens (including phenoxy) is 1. The predicted molar refractivity (Wildman–Crippen MR) is 109 cm³/mol. The fourth-order valence-electron chi connectivity index (χ4n) is 3.37. The molecule has 7 heteroatoms. The van der Waals surface area contributed by atoms with Crippen LogP contribution in [0.2, 0.25) is 0 Å². The molecule has 2 aromatic heterocycles. The first kappa shape index (κ1) is 18.4. The number of aromatic nitrogens is 1. The van der Waals surface area contributed by atoms with Gasteiger partial charge in [-0.3, -0.25) is 4.79 Å². The van der Waals surface area contributed by atoms with Crippen molar-refractivity contribution in [3.63, 3.8) is 0 Å². The summed E-state index contributed by atoms with van der Waals surface area (Å²) in [4.78, 5) is 29.7. The molecule has 0 bridgehead atoms. The molecule has 1 aliphatic carbocycles. The van der Waals surface area contributed by atoms with Gasteiger partial charge in [0.25, 0.3) is 0 Å². The molecule has 144 valence electrons. The Hall–Kier alpha value is -2.93. The summed E-state index contributed by atoms with van der Waals surface area (Å²) in [5, 5.41) is 3.82. The number of esters is 1. The van der Waals surface area contributed by atoms with Crippen LogP contribution in [0.4, 0.5) is 5.00 Å². The molecule has 1 aliphatic rings. The minimum Gasteiger partial charge on any atom is -0.462 e. The highest BCUT2D eigenvalue weighted by molar-refractivity contribution is 7.16. The van der Waals surface area contributed by atoms with E-state index in [-0.39, 0.29) is 17.4 Å². The molecular weight excluding hydrogens is 376 g/mol. The number of carbonyl (C=O) groups is 2. The Bertz CT molecular complexity index is 1030. The monoisotopic (exact) mass is 396 g/mol. The van der Waals surface area contributed by atoms with Crippen molar-refractivity contribution in [1.82, 2.24) is 4.98 Å². The number of nitrogens with one attached hydrogen (secondary N) is 1. The van der Waals surface area contributed by atoms with E-state index in [4.69, 9.17) is 9.15 Å². The maximum absolute atomic E-state index is 12.5. The number of oxazole rings is 1. The second-order valence-corrected chi connectivity index (χ2v) is 7.59. The van der Waals surface area contributed by atoms with Gasteiger partial charge in [0.15, 0.2) is 11.9 Å². The van der Waals surface area contributed by atoms with Gasteiger partial charge in [-0.1, -0.05) is 12.1 Å². The lowest BCUT2D eigenvalue weighted by atomic mass is 9.95. The van der Waals surface area contributed by atoms with Gasteiger partial charge in [0.1, 0.15) is 10.5 Å². The van der Waals surface area contributed by atoms with Gasteiger partial charge in [-0.15, -0.1) is 11.3 Å². The number of allylic oxidation sites excluding steroid dienone is 1. The third-order valence-electron chi connectivity index (χ3n) is 4.68. The molecule has 3 aromatic rings. The highest BCUT2D eigenvalue weighted by Crippen LogP contribution is 2.38. The highest BCUT2D eigenvalue weighted by atomic mass is 32.1. The van der Waals surface area contributed by atoms with Crippen LogP contribution in [0.15, 0.2) is 34.9 Å². The average Bonchev–Trinajstić information content (AvgIpc) is 3.29. The number of benzene rings is 1. The van der Waals surface area contributed by atoms with Crippen molar-refractivity contribution in [2.45, 2.75) is 32.6 Å². The lowest BCUT2D eigenvalue weighted by Crippen LogP contribution is -2.10. The largest absolute Gasteiger partial charge is 0.462 e. The van der Waals surface area contributed by atoms with Gasteiger partial charge in [0.2, 0.25) is 5.89 Å². The molecule has 0 saturated carbocycles. The van der Waals surface area contributed by atoms with Gasteiger partial charge in [-0.25, -0.2) is 9.78 Å². The minimum atomic E-state index is -0.327. The lowest BCUT2D eigenvalue weighted by Gasteiger charge is -2.12. The number of carbonyl (C=O) groups excluding carboxylic acids is 2. The number of hydrogen-bond acceptors (Lipinski definition) is 7. The Labute approximate surface area is 166 Å². The fraction of sp³-hybridized carbons (Fsp3) is 0.286. The summed E-state index contributed by atoms with van der Waals surface area (Å²) in [6, 6.07) is 7.33. The van der Waals surface area contributed by atoms with E-state index >= 15 is 0 Å². The molecule has 0 atom stereocenters. The van der Waals surface area contributed by atoms with Crippen LogP contribution in [0.3, 0.4) is 0 Å². The quantitative estimate of drug-likeness (QED) is 0.373. The van der Waals surface area contributed by atoms with E-state index in [2.05, 4.69) is 10.3 Å². The Kier molecular flexibility index (Phi) is 5.25. The number of aryl methyl sites for hydroxylation is 1. The summed E-state index contributed by atoms with van der Waals surface area (Å²) in [6.45, 7) is 2.11. The second-order valence-electron chi connectivity index (χ2n) is 6.48. The van der Waals surface area contributed by atoms with Crippen LogP contribution in [0.5, 0.6) is 0 Å². The minimum absolute atomic E-state index is 0.239. The molecule has 2 heterocycles. The molecule has 0 unspecified atom stereocenters. The first-order valence-electron chi connectivity index (χ1n) is 9.30. The van der Waals surface area contributed by atoms with Crippen LogP contribution >= 0.6 is 11.3 Å². The summed E-state index contributed by atoms with van der Waals surface area (Å²) >= 11 is 1.55. The van der Waals surface area contributed by atoms with E-state index in [1.807, 2.05) is 18.2 Å². The molecule has 0 fully saturated rings. The van der Waals surface area contributed by atoms with Crippen molar-refractivity contribution in [3.05, 3.63) is 52.4 Å². The third kappa shape index (κ3) is 3.45. The maximum Gasteiger partial charge on any atom is 0.341 e. The van der Waals surface area contributed by atoms with E-state index in [0.29, 0.717) is 34.6 Å². The standard InChI is InChI=1S/C21H20N2O4S/c1-2-26-21(25)18-14-7-3-6-10-17(14)28-20(18)22-11-13(12-24)19-23-15-8-4-5-9-16(15)27-19/h4-5,8-9,11-12,22H,2-3,6-7,10H2,1H3/b13-11-. The number of nitrogens with zero attached hydrogens (tertiary/aromatic N) is 1. The van der Waals surface area contributed by atoms with E-state index in [9.17, 15) is 9.59 Å². The van der Waals surface area contributed by atoms with Crippen LogP contribution in [-0.4, -0.2) is 23.8 Å². The second kappa shape index (κ2) is 7.98. The topological polar surface area (TPSA) is 81.4 Å². The maximum atomic E-state index is 12.5. The lowest BCUT2D eigenvalue weighted by molar-refractivity contribution is -0.103. The van der Waals surface area contributed by atoms with Crippen LogP contribution in [0.1, 0.15) is 46.5 Å². The smallest absolute Gasteiger partial charge is 0.341 e. The SMILES string of the molecule is CCOC(=O)c1c(N/C=C(/C=O)c2nc3ccccc3o2)sc2c1CCCC2. The average molecular weight is 396 g/mol. The number of thiophene rings is 1. The van der Waals surface area contributed by atoms with Crippen molar-refractivity contribution in [2.75, 3.05) is 11.9 Å². The van der Waals surface area contributed by atoms with Crippen molar-refractivity contribution >= 4 is 45.3 Å². The number of anilines is 1. The van der Waals surface area contributed by atoms with E-state index < -0.39 is 0 Å². The molecule has 0 spiro atoms. The van der Waals surface area contributed by atoms with Gasteiger partial charge in [0.05, 0.1) is 17.7 Å². The van der Waals surface area contributed by atoms with Gasteiger partial charge in [-0.05, 0) is 50.3 Å². The van der Waals surface area contributed by atoms with Crippen LogP contribution < -0.4 is 5.32 Å². The van der Waals surface area contributed by atoms with Crippen molar-refractivity contribution < 1.29 is 18.7 Å². The van der Waals surface area contributed by atoms with Gasteiger partial charge in [-0.2, -0.15) is 0 Å². The predicted octanol–water partition coefficient (Wildman–Crippen LogP) is 4.60. The van der Waals surface area contributed by atoms with Crippen molar-refractivity contribution in [3.8, 4) is 0 Å². The molecule has 0 saturated heterocycles. The van der Waals surface area contributed by atoms with Crippen LogP contribution in [0, 0.1) is 0 Å². The fourth-order valence-corrected chi connectivity index (χ4v) is 4.62. The van der Waals surface area contributed by atoms with Crippen molar-refractivity contribution in [2.24, 2.45) is 0 Å². The zero-order valence-electron chi connectivity index (χ0n) is 15.5. The summed E-state index contributed by atoms with van der Waals surface area (Å²) in [7, 11) is 0. The first-order chi connectivity index (χ1) is 13.7. The van der Waals surface area contributed by atoms with E-state index in [1.165, 1.54) is 11.1 Å². The summed E-state index contributed by atoms with van der Waals surface area (Å²) in [5.41, 5.74) is 3.23. The molecule has 28 heavy (non-hydrogen) atoms. The normalized spacial score (nSPS) is 14.0. The third-order valence-corrected chi connectivity index (χ3v) is 5.90. The number of rotatable bonds is 6. The van der Waals surface area contributed by atoms with E-state index in [0.717, 1.165) is 31.2 Å².